The maximum atomic E-state index is 14.6. The van der Waals surface area contributed by atoms with Gasteiger partial charge in [-0.1, -0.05) is 0 Å². The maximum absolute atomic E-state index is 14.6. The molecule has 0 bridgehead atoms. The third-order valence-corrected chi connectivity index (χ3v) is 7.91. The van der Waals surface area contributed by atoms with Crippen LogP contribution in [0.5, 0.6) is 0 Å². The highest BCUT2D eigenvalue weighted by Gasteiger charge is 2.37. The number of tetrazole rings is 1. The highest BCUT2D eigenvalue weighted by Crippen LogP contribution is 2.40. The molecule has 0 radical (unpaired) electrons. The standard InChI is InChI=1S/C16H26FN9O4S2/c17-16(10-19)4-8-26(9-5-16)11-2-3-12(32(29,30)21-7-1-6-18)14(31(20,27)28)13(11)15-22-24-25-23-15/h2-3,21H,1,4-10,18-19H2,(H2,20,27,28)(H,22,23,24,25). The molecule has 0 saturated carbocycles. The number of alkyl halides is 1. The molecule has 1 aliphatic heterocycles. The van der Waals surface area contributed by atoms with Crippen LogP contribution in [0.15, 0.2) is 21.9 Å². The first-order valence-electron chi connectivity index (χ1n) is 9.80. The minimum atomic E-state index is -4.58. The highest BCUT2D eigenvalue weighted by atomic mass is 32.2. The van der Waals surface area contributed by atoms with Gasteiger partial charge in [-0.15, -0.1) is 10.2 Å². The van der Waals surface area contributed by atoms with E-state index in [-0.39, 0.29) is 62.6 Å². The number of H-pyrrole nitrogens is 1. The van der Waals surface area contributed by atoms with Crippen molar-refractivity contribution in [3.8, 4) is 11.4 Å². The summed E-state index contributed by atoms with van der Waals surface area (Å²) in [6, 6.07) is 2.56. The molecular formula is C16H26FN9O4S2. The van der Waals surface area contributed by atoms with Crippen LogP contribution in [0, 0.1) is 0 Å². The molecule has 1 aromatic carbocycles. The molecule has 0 amide bonds. The number of anilines is 1. The van der Waals surface area contributed by atoms with E-state index in [0.717, 1.165) is 6.07 Å². The molecule has 2 aromatic rings. The second kappa shape index (κ2) is 9.32. The molecule has 1 saturated heterocycles. The Morgan fingerprint density at radius 3 is 2.41 bits per heavy atom. The summed E-state index contributed by atoms with van der Waals surface area (Å²) in [4.78, 5) is 0.485. The lowest BCUT2D eigenvalue weighted by Gasteiger charge is -2.38. The predicted octanol–water partition coefficient (Wildman–Crippen LogP) is -1.59. The second-order valence-corrected chi connectivity index (χ2v) is 10.7. The number of aromatic amines is 1. The zero-order valence-electron chi connectivity index (χ0n) is 17.2. The smallest absolute Gasteiger partial charge is 0.241 e. The van der Waals surface area contributed by atoms with Gasteiger partial charge in [0.2, 0.25) is 25.9 Å². The van der Waals surface area contributed by atoms with E-state index in [0.29, 0.717) is 6.42 Å². The molecule has 178 valence electrons. The van der Waals surface area contributed by atoms with Gasteiger partial charge in [0.15, 0.2) is 0 Å². The molecule has 8 N–H and O–H groups in total. The van der Waals surface area contributed by atoms with Crippen molar-refractivity contribution in [1.82, 2.24) is 25.3 Å². The summed E-state index contributed by atoms with van der Waals surface area (Å²) >= 11 is 0. The molecule has 16 heteroatoms. The fourth-order valence-electron chi connectivity index (χ4n) is 3.53. The summed E-state index contributed by atoms with van der Waals surface area (Å²) in [5.74, 6) is -0.168. The molecular weight excluding hydrogens is 465 g/mol. The summed E-state index contributed by atoms with van der Waals surface area (Å²) in [6.07, 6.45) is 0.570. The number of primary sulfonamides is 1. The zero-order valence-corrected chi connectivity index (χ0v) is 18.8. The van der Waals surface area contributed by atoms with Crippen LogP contribution in [0.1, 0.15) is 19.3 Å². The second-order valence-electron chi connectivity index (χ2n) is 7.45. The van der Waals surface area contributed by atoms with Crippen molar-refractivity contribution < 1.29 is 21.2 Å². The van der Waals surface area contributed by atoms with Crippen LogP contribution in [-0.2, 0) is 20.0 Å². The van der Waals surface area contributed by atoms with Crippen molar-refractivity contribution >= 4 is 25.7 Å². The van der Waals surface area contributed by atoms with Gasteiger partial charge in [-0.25, -0.2) is 31.1 Å². The number of nitrogens with one attached hydrogen (secondary N) is 2. The van der Waals surface area contributed by atoms with Gasteiger partial charge in [0, 0.05) is 44.7 Å². The third-order valence-electron chi connectivity index (χ3n) is 5.28. The van der Waals surface area contributed by atoms with Gasteiger partial charge in [0.25, 0.3) is 0 Å². The molecule has 0 unspecified atom stereocenters. The van der Waals surface area contributed by atoms with Gasteiger partial charge in [-0.3, -0.25) is 0 Å². The SMILES string of the molecule is NCCCNS(=O)(=O)c1ccc(N2CCC(F)(CN)CC2)c(-c2nn[nH]n2)c1S(N)(=O)=O. The minimum absolute atomic E-state index is 0.00594. The quantitative estimate of drug-likeness (QED) is 0.253. The molecule has 32 heavy (non-hydrogen) atoms. The van der Waals surface area contributed by atoms with Crippen molar-refractivity contribution in [2.75, 3.05) is 37.6 Å². The molecule has 0 atom stereocenters. The fourth-order valence-corrected chi connectivity index (χ4v) is 6.20. The van der Waals surface area contributed by atoms with Crippen LogP contribution in [-0.4, -0.2) is 75.9 Å². The number of aromatic nitrogens is 4. The van der Waals surface area contributed by atoms with Crippen LogP contribution in [0.4, 0.5) is 10.1 Å². The first kappa shape index (κ1) is 24.4. The highest BCUT2D eigenvalue weighted by molar-refractivity contribution is 7.92. The van der Waals surface area contributed by atoms with E-state index >= 15 is 0 Å². The predicted molar refractivity (Wildman–Crippen MR) is 114 cm³/mol. The average Bonchev–Trinajstić information content (AvgIpc) is 3.27. The first-order chi connectivity index (χ1) is 15.0. The lowest BCUT2D eigenvalue weighted by molar-refractivity contribution is 0.135. The van der Waals surface area contributed by atoms with Gasteiger partial charge in [-0.05, 0) is 30.3 Å². The summed E-state index contributed by atoms with van der Waals surface area (Å²) in [5, 5.41) is 18.8. The third kappa shape index (κ3) is 5.05. The number of halogens is 1. The van der Waals surface area contributed by atoms with Crippen molar-refractivity contribution in [3.63, 3.8) is 0 Å². The zero-order chi connectivity index (χ0) is 23.6. The minimum Gasteiger partial charge on any atom is -0.371 e. The van der Waals surface area contributed by atoms with Crippen molar-refractivity contribution in [1.29, 1.82) is 0 Å². The molecule has 0 aliphatic carbocycles. The summed E-state index contributed by atoms with van der Waals surface area (Å²) < 4.78 is 67.9. The van der Waals surface area contributed by atoms with E-state index < -0.39 is 35.5 Å². The van der Waals surface area contributed by atoms with E-state index in [2.05, 4.69) is 25.3 Å². The Morgan fingerprint density at radius 2 is 1.88 bits per heavy atom. The number of hydrogen-bond donors (Lipinski definition) is 5. The average molecular weight is 492 g/mol. The number of piperidine rings is 1. The Kier molecular flexibility index (Phi) is 7.11. The van der Waals surface area contributed by atoms with Crippen LogP contribution in [0.25, 0.3) is 11.4 Å². The first-order valence-corrected chi connectivity index (χ1v) is 12.8. The van der Waals surface area contributed by atoms with Crippen molar-refractivity contribution in [3.05, 3.63) is 12.1 Å². The number of nitrogens with zero attached hydrogens (tertiary/aromatic N) is 4. The largest absolute Gasteiger partial charge is 0.371 e. The fraction of sp³-hybridized carbons (Fsp3) is 0.562. The van der Waals surface area contributed by atoms with Gasteiger partial charge in [-0.2, -0.15) is 5.21 Å². The van der Waals surface area contributed by atoms with Crippen LogP contribution in [0.3, 0.4) is 0 Å². The van der Waals surface area contributed by atoms with Crippen LogP contribution in [0.2, 0.25) is 0 Å². The molecule has 13 nitrogen and oxygen atoms in total. The lowest BCUT2D eigenvalue weighted by atomic mass is 9.93. The van der Waals surface area contributed by atoms with Crippen molar-refractivity contribution in [2.45, 2.75) is 34.7 Å². The van der Waals surface area contributed by atoms with E-state index in [4.69, 9.17) is 16.6 Å². The van der Waals surface area contributed by atoms with E-state index in [1.54, 1.807) is 4.90 Å². The molecule has 3 rings (SSSR count). The van der Waals surface area contributed by atoms with Gasteiger partial charge in [0.05, 0.1) is 5.56 Å². The Labute approximate surface area is 185 Å². The monoisotopic (exact) mass is 491 g/mol. The summed E-state index contributed by atoms with van der Waals surface area (Å²) in [5.41, 5.74) is 9.55. The summed E-state index contributed by atoms with van der Waals surface area (Å²) in [7, 11) is -8.85. The van der Waals surface area contributed by atoms with E-state index in [1.165, 1.54) is 6.07 Å². The Bertz CT molecular complexity index is 1150. The molecule has 1 aliphatic rings. The number of sulfonamides is 2. The summed E-state index contributed by atoms with van der Waals surface area (Å²) in [6.45, 7) is 0.539. The van der Waals surface area contributed by atoms with Crippen molar-refractivity contribution in [2.24, 2.45) is 16.6 Å². The normalized spacial score (nSPS) is 16.9. The molecule has 2 heterocycles. The van der Waals surface area contributed by atoms with E-state index in [9.17, 15) is 21.2 Å². The Balaban J connectivity index is 2.19. The molecule has 1 aromatic heterocycles. The number of benzene rings is 1. The molecule has 0 spiro atoms. The number of hydrogen-bond acceptors (Lipinski definition) is 10. The maximum Gasteiger partial charge on any atom is 0.241 e. The van der Waals surface area contributed by atoms with Gasteiger partial charge >= 0.3 is 0 Å². The number of nitrogens with two attached hydrogens (primary N) is 3. The van der Waals surface area contributed by atoms with Gasteiger partial charge < -0.3 is 16.4 Å². The topological polar surface area (TPSA) is 216 Å². The van der Waals surface area contributed by atoms with Crippen LogP contribution < -0.4 is 26.2 Å². The van der Waals surface area contributed by atoms with Gasteiger partial charge in [0.1, 0.15) is 15.5 Å². The molecule has 1 fully saturated rings. The number of rotatable bonds is 9. The lowest BCUT2D eigenvalue weighted by Crippen LogP contribution is -2.46. The van der Waals surface area contributed by atoms with Crippen LogP contribution >= 0.6 is 0 Å². The van der Waals surface area contributed by atoms with E-state index in [1.807, 2.05) is 0 Å². The Hall–Kier alpha value is -2.24. The Morgan fingerprint density at radius 1 is 1.19 bits per heavy atom.